The first-order valence-electron chi connectivity index (χ1n) is 5.44. The predicted molar refractivity (Wildman–Crippen MR) is 79.3 cm³/mol. The van der Waals surface area contributed by atoms with E-state index in [1.165, 1.54) is 0 Å². The molecule has 0 radical (unpaired) electrons. The van der Waals surface area contributed by atoms with Gasteiger partial charge in [0, 0.05) is 20.9 Å². The van der Waals surface area contributed by atoms with Gasteiger partial charge in [-0.15, -0.1) is 0 Å². The molecule has 0 aromatic heterocycles. The zero-order valence-corrected chi connectivity index (χ0v) is 12.5. The van der Waals surface area contributed by atoms with Crippen LogP contribution in [0.1, 0.15) is 17.2 Å². The predicted octanol–water partition coefficient (Wildman–Crippen LogP) is 5.03. The van der Waals surface area contributed by atoms with E-state index in [-0.39, 0.29) is 0 Å². The molecule has 0 saturated heterocycles. The summed E-state index contributed by atoms with van der Waals surface area (Å²) in [4.78, 5) is 0. The second kappa shape index (κ2) is 6.07. The minimum Gasteiger partial charge on any atom is -0.388 e. The highest BCUT2D eigenvalue weighted by molar-refractivity contribution is 9.10. The Balaban J connectivity index is 2.18. The number of benzene rings is 2. The molecule has 0 amide bonds. The summed E-state index contributed by atoms with van der Waals surface area (Å²) >= 11 is 15.2. The molecule has 1 unspecified atom stereocenters. The second-order valence-electron chi connectivity index (χ2n) is 4.01. The number of halogens is 3. The quantitative estimate of drug-likeness (QED) is 0.826. The Morgan fingerprint density at radius 3 is 2.28 bits per heavy atom. The second-order valence-corrected chi connectivity index (χ2v) is 5.74. The molecule has 1 N–H and O–H groups in total. The van der Waals surface area contributed by atoms with Crippen molar-refractivity contribution in [2.24, 2.45) is 0 Å². The smallest absolute Gasteiger partial charge is 0.0841 e. The van der Waals surface area contributed by atoms with Gasteiger partial charge in [0.05, 0.1) is 6.10 Å². The van der Waals surface area contributed by atoms with Crippen molar-refractivity contribution < 1.29 is 5.11 Å². The lowest BCUT2D eigenvalue weighted by molar-refractivity contribution is 0.177. The van der Waals surface area contributed by atoms with E-state index in [9.17, 15) is 5.11 Å². The van der Waals surface area contributed by atoms with Crippen molar-refractivity contribution in [3.8, 4) is 0 Å². The summed E-state index contributed by atoms with van der Waals surface area (Å²) in [7, 11) is 0. The van der Waals surface area contributed by atoms with Crippen molar-refractivity contribution in [2.45, 2.75) is 12.5 Å². The molecular weight excluding hydrogens is 335 g/mol. The summed E-state index contributed by atoms with van der Waals surface area (Å²) in [5.74, 6) is 0. The van der Waals surface area contributed by atoms with E-state index in [0.717, 1.165) is 15.6 Å². The minimum atomic E-state index is -0.598. The number of aliphatic hydroxyl groups excluding tert-OH is 1. The maximum absolute atomic E-state index is 10.2. The lowest BCUT2D eigenvalue weighted by Gasteiger charge is -2.13. The van der Waals surface area contributed by atoms with Gasteiger partial charge in [0.15, 0.2) is 0 Å². The van der Waals surface area contributed by atoms with Gasteiger partial charge in [-0.1, -0.05) is 51.3 Å². The maximum atomic E-state index is 10.2. The summed E-state index contributed by atoms with van der Waals surface area (Å²) in [5.41, 5.74) is 1.82. The van der Waals surface area contributed by atoms with Gasteiger partial charge in [0.25, 0.3) is 0 Å². The highest BCUT2D eigenvalue weighted by atomic mass is 79.9. The number of rotatable bonds is 3. The van der Waals surface area contributed by atoms with E-state index in [1.54, 1.807) is 12.1 Å². The normalized spacial score (nSPS) is 12.4. The van der Waals surface area contributed by atoms with Gasteiger partial charge < -0.3 is 5.11 Å². The Labute approximate surface area is 124 Å². The average Bonchev–Trinajstić information content (AvgIpc) is 2.35. The maximum Gasteiger partial charge on any atom is 0.0841 e. The molecule has 2 rings (SSSR count). The standard InChI is InChI=1S/C14H11BrCl2O/c15-13-6-5-11(17)8-12(13)14(18)7-9-1-3-10(16)4-2-9/h1-6,8,14,18H,7H2. The van der Waals surface area contributed by atoms with Gasteiger partial charge in [-0.3, -0.25) is 0 Å². The van der Waals surface area contributed by atoms with E-state index in [0.29, 0.717) is 16.5 Å². The molecule has 0 saturated carbocycles. The highest BCUT2D eigenvalue weighted by Gasteiger charge is 2.12. The molecule has 0 aliphatic rings. The van der Waals surface area contributed by atoms with Gasteiger partial charge in [0.2, 0.25) is 0 Å². The highest BCUT2D eigenvalue weighted by Crippen LogP contribution is 2.29. The zero-order chi connectivity index (χ0) is 13.1. The first kappa shape index (κ1) is 13.9. The van der Waals surface area contributed by atoms with Crippen molar-refractivity contribution in [3.05, 3.63) is 68.1 Å². The first-order chi connectivity index (χ1) is 8.56. The van der Waals surface area contributed by atoms with E-state index in [1.807, 2.05) is 30.3 Å². The fourth-order valence-corrected chi connectivity index (χ4v) is 2.54. The molecule has 2 aromatic carbocycles. The van der Waals surface area contributed by atoms with Gasteiger partial charge in [-0.05, 0) is 41.5 Å². The molecule has 2 aromatic rings. The topological polar surface area (TPSA) is 20.2 Å². The van der Waals surface area contributed by atoms with Crippen LogP contribution in [-0.2, 0) is 6.42 Å². The van der Waals surface area contributed by atoms with Crippen LogP contribution < -0.4 is 0 Å². The minimum absolute atomic E-state index is 0.524. The monoisotopic (exact) mass is 344 g/mol. The summed E-state index contributed by atoms with van der Waals surface area (Å²) < 4.78 is 0.855. The fourth-order valence-electron chi connectivity index (χ4n) is 1.72. The van der Waals surface area contributed by atoms with Crippen LogP contribution in [0.3, 0.4) is 0 Å². The van der Waals surface area contributed by atoms with Crippen LogP contribution in [0.2, 0.25) is 10.0 Å². The zero-order valence-electron chi connectivity index (χ0n) is 9.41. The summed E-state index contributed by atoms with van der Waals surface area (Å²) in [5, 5.41) is 11.5. The molecular formula is C14H11BrCl2O. The van der Waals surface area contributed by atoms with Gasteiger partial charge in [-0.2, -0.15) is 0 Å². The van der Waals surface area contributed by atoms with Crippen molar-refractivity contribution in [3.63, 3.8) is 0 Å². The Kier molecular flexibility index (Phi) is 4.68. The van der Waals surface area contributed by atoms with Gasteiger partial charge in [0.1, 0.15) is 0 Å². The van der Waals surface area contributed by atoms with Crippen LogP contribution in [0.25, 0.3) is 0 Å². The molecule has 0 spiro atoms. The molecule has 1 atom stereocenters. The van der Waals surface area contributed by atoms with Gasteiger partial charge in [-0.25, -0.2) is 0 Å². The summed E-state index contributed by atoms with van der Waals surface area (Å²) in [6, 6.07) is 12.8. The fraction of sp³-hybridized carbons (Fsp3) is 0.143. The Morgan fingerprint density at radius 1 is 1.00 bits per heavy atom. The van der Waals surface area contributed by atoms with E-state index < -0.39 is 6.10 Å². The summed E-state index contributed by atoms with van der Waals surface area (Å²) in [6.07, 6.45) is -0.0740. The van der Waals surface area contributed by atoms with Crippen LogP contribution in [0.4, 0.5) is 0 Å². The molecule has 0 fully saturated rings. The Bertz CT molecular complexity index is 540. The number of hydrogen-bond donors (Lipinski definition) is 1. The molecule has 0 aliphatic heterocycles. The van der Waals surface area contributed by atoms with Crippen molar-refractivity contribution in [1.82, 2.24) is 0 Å². The lowest BCUT2D eigenvalue weighted by atomic mass is 10.0. The third kappa shape index (κ3) is 3.48. The van der Waals surface area contributed by atoms with E-state index in [2.05, 4.69) is 15.9 Å². The van der Waals surface area contributed by atoms with Crippen LogP contribution >= 0.6 is 39.1 Å². The largest absolute Gasteiger partial charge is 0.388 e. The molecule has 1 nitrogen and oxygen atoms in total. The molecule has 0 bridgehead atoms. The Morgan fingerprint density at radius 2 is 1.61 bits per heavy atom. The summed E-state index contributed by atoms with van der Waals surface area (Å²) in [6.45, 7) is 0. The number of hydrogen-bond acceptors (Lipinski definition) is 1. The number of aliphatic hydroxyl groups is 1. The lowest BCUT2D eigenvalue weighted by Crippen LogP contribution is -2.02. The van der Waals surface area contributed by atoms with Crippen LogP contribution in [0, 0.1) is 0 Å². The molecule has 0 aliphatic carbocycles. The molecule has 0 heterocycles. The molecule has 4 heteroatoms. The van der Waals surface area contributed by atoms with Crippen molar-refractivity contribution in [2.75, 3.05) is 0 Å². The van der Waals surface area contributed by atoms with Crippen LogP contribution in [-0.4, -0.2) is 5.11 Å². The SMILES string of the molecule is OC(Cc1ccc(Cl)cc1)c1cc(Cl)ccc1Br. The van der Waals surface area contributed by atoms with Crippen molar-refractivity contribution in [1.29, 1.82) is 0 Å². The third-order valence-electron chi connectivity index (χ3n) is 2.66. The third-order valence-corrected chi connectivity index (χ3v) is 3.87. The van der Waals surface area contributed by atoms with Crippen LogP contribution in [0.15, 0.2) is 46.9 Å². The molecule has 18 heavy (non-hydrogen) atoms. The first-order valence-corrected chi connectivity index (χ1v) is 6.98. The van der Waals surface area contributed by atoms with Gasteiger partial charge >= 0.3 is 0 Å². The van der Waals surface area contributed by atoms with Crippen LogP contribution in [0.5, 0.6) is 0 Å². The average molecular weight is 346 g/mol. The van der Waals surface area contributed by atoms with E-state index in [4.69, 9.17) is 23.2 Å². The van der Waals surface area contributed by atoms with Crippen molar-refractivity contribution >= 4 is 39.1 Å². The molecule has 94 valence electrons. The Hall–Kier alpha value is -0.540. The van der Waals surface area contributed by atoms with E-state index >= 15 is 0 Å².